The number of carbonyl (C=O) groups is 2. The van der Waals surface area contributed by atoms with Gasteiger partial charge in [-0.25, -0.2) is 0 Å². The number of piperidine rings is 1. The highest BCUT2D eigenvalue weighted by Gasteiger charge is 2.49. The number of rotatable bonds is 4. The van der Waals surface area contributed by atoms with Gasteiger partial charge in [0.2, 0.25) is 5.91 Å². The molecular weight excluding hydrogens is 300 g/mol. The number of thiophene rings is 1. The van der Waals surface area contributed by atoms with Gasteiger partial charge in [-0.2, -0.15) is 11.3 Å². The monoisotopic (exact) mass is 322 g/mol. The van der Waals surface area contributed by atoms with Crippen LogP contribution in [0.5, 0.6) is 0 Å². The van der Waals surface area contributed by atoms with Crippen LogP contribution in [0.4, 0.5) is 0 Å². The van der Waals surface area contributed by atoms with Crippen LogP contribution in [0.25, 0.3) is 0 Å². The first kappa shape index (κ1) is 15.5. The molecule has 6 heteroatoms. The minimum atomic E-state index is -0.363. The molecule has 2 aliphatic rings. The zero-order valence-corrected chi connectivity index (χ0v) is 13.7. The molecule has 2 saturated heterocycles. The molecule has 0 radical (unpaired) electrons. The van der Waals surface area contributed by atoms with Crippen LogP contribution in [-0.4, -0.2) is 61.5 Å². The quantitative estimate of drug-likeness (QED) is 0.850. The molecule has 22 heavy (non-hydrogen) atoms. The van der Waals surface area contributed by atoms with Crippen LogP contribution in [-0.2, 0) is 9.53 Å². The maximum absolute atomic E-state index is 12.8. The van der Waals surface area contributed by atoms with Crippen molar-refractivity contribution in [3.8, 4) is 0 Å². The Balaban J connectivity index is 1.70. The van der Waals surface area contributed by atoms with Gasteiger partial charge in [0.1, 0.15) is 0 Å². The largest absolute Gasteiger partial charge is 0.383 e. The normalized spacial score (nSPS) is 25.2. The molecule has 1 atom stereocenters. The van der Waals surface area contributed by atoms with Gasteiger partial charge in [0.15, 0.2) is 0 Å². The van der Waals surface area contributed by atoms with E-state index < -0.39 is 0 Å². The zero-order valence-electron chi connectivity index (χ0n) is 12.9. The summed E-state index contributed by atoms with van der Waals surface area (Å²) in [5.41, 5.74) is 0.376. The Bertz CT molecular complexity index is 546. The van der Waals surface area contributed by atoms with Crippen molar-refractivity contribution in [2.45, 2.75) is 19.3 Å². The molecule has 1 aromatic heterocycles. The van der Waals surface area contributed by atoms with E-state index in [1.165, 1.54) is 11.3 Å². The van der Waals surface area contributed by atoms with E-state index in [0.29, 0.717) is 19.7 Å². The Kier molecular flexibility index (Phi) is 4.49. The molecule has 1 aromatic rings. The van der Waals surface area contributed by atoms with Crippen molar-refractivity contribution in [2.75, 3.05) is 39.9 Å². The third-order valence-corrected chi connectivity index (χ3v) is 5.48. The van der Waals surface area contributed by atoms with Gasteiger partial charge in [0, 0.05) is 38.7 Å². The lowest BCUT2D eigenvalue weighted by Gasteiger charge is -2.39. The maximum atomic E-state index is 12.8. The van der Waals surface area contributed by atoms with E-state index in [0.717, 1.165) is 37.9 Å². The van der Waals surface area contributed by atoms with Gasteiger partial charge in [0.25, 0.3) is 5.91 Å². The number of ether oxygens (including phenoxy) is 1. The van der Waals surface area contributed by atoms with Crippen molar-refractivity contribution < 1.29 is 14.3 Å². The van der Waals surface area contributed by atoms with E-state index in [1.807, 2.05) is 26.6 Å². The Morgan fingerprint density at radius 1 is 1.41 bits per heavy atom. The molecule has 0 bridgehead atoms. The van der Waals surface area contributed by atoms with Crippen LogP contribution >= 0.6 is 11.3 Å². The van der Waals surface area contributed by atoms with Crippen molar-refractivity contribution in [3.05, 3.63) is 22.4 Å². The fraction of sp³-hybridized carbons (Fsp3) is 0.625. The van der Waals surface area contributed by atoms with E-state index in [-0.39, 0.29) is 17.2 Å². The van der Waals surface area contributed by atoms with Crippen LogP contribution in [0.15, 0.2) is 16.8 Å². The molecule has 0 aromatic carbocycles. The number of likely N-dealkylation sites (tertiary alicyclic amines) is 2. The predicted molar refractivity (Wildman–Crippen MR) is 85.0 cm³/mol. The Hall–Kier alpha value is -1.40. The van der Waals surface area contributed by atoms with Gasteiger partial charge < -0.3 is 14.5 Å². The molecule has 5 nitrogen and oxygen atoms in total. The Labute approximate surface area is 134 Å². The predicted octanol–water partition coefficient (Wildman–Crippen LogP) is 1.85. The van der Waals surface area contributed by atoms with Crippen LogP contribution in [0, 0.1) is 5.41 Å². The lowest BCUT2D eigenvalue weighted by molar-refractivity contribution is -0.138. The van der Waals surface area contributed by atoms with E-state index >= 15 is 0 Å². The second-order valence-electron chi connectivity index (χ2n) is 6.16. The Morgan fingerprint density at radius 3 is 3.00 bits per heavy atom. The summed E-state index contributed by atoms with van der Waals surface area (Å²) in [6, 6.07) is 1.86. The van der Waals surface area contributed by atoms with E-state index in [9.17, 15) is 9.59 Å². The van der Waals surface area contributed by atoms with Gasteiger partial charge in [-0.1, -0.05) is 0 Å². The smallest absolute Gasteiger partial charge is 0.254 e. The van der Waals surface area contributed by atoms with Gasteiger partial charge in [0.05, 0.1) is 17.6 Å². The second kappa shape index (κ2) is 6.38. The maximum Gasteiger partial charge on any atom is 0.254 e. The summed E-state index contributed by atoms with van der Waals surface area (Å²) < 4.78 is 5.08. The highest BCUT2D eigenvalue weighted by atomic mass is 32.1. The molecule has 120 valence electrons. The lowest BCUT2D eigenvalue weighted by Crippen LogP contribution is -2.50. The zero-order chi connectivity index (χ0) is 15.6. The molecule has 1 spiro atoms. The standard InChI is InChI=1S/C16H22N2O3S/c1-21-9-8-17-7-5-16(15(17)20)4-2-6-18(12-16)14(19)13-3-10-22-11-13/h3,10-11H,2,4-9,12H2,1H3. The highest BCUT2D eigenvalue weighted by Crippen LogP contribution is 2.40. The first-order chi connectivity index (χ1) is 10.7. The van der Waals surface area contributed by atoms with Gasteiger partial charge in [-0.05, 0) is 30.7 Å². The van der Waals surface area contributed by atoms with Crippen molar-refractivity contribution in [2.24, 2.45) is 5.41 Å². The van der Waals surface area contributed by atoms with Crippen LogP contribution in [0.1, 0.15) is 29.6 Å². The van der Waals surface area contributed by atoms with Crippen molar-refractivity contribution in [1.82, 2.24) is 9.80 Å². The number of amides is 2. The van der Waals surface area contributed by atoms with E-state index in [2.05, 4.69) is 0 Å². The molecule has 3 heterocycles. The van der Waals surface area contributed by atoms with Crippen LogP contribution < -0.4 is 0 Å². The molecule has 3 rings (SSSR count). The summed E-state index contributed by atoms with van der Waals surface area (Å²) >= 11 is 1.53. The van der Waals surface area contributed by atoms with Crippen LogP contribution in [0.3, 0.4) is 0 Å². The minimum Gasteiger partial charge on any atom is -0.383 e. The SMILES string of the molecule is COCCN1CCC2(CCCN(C(=O)c3ccsc3)C2)C1=O. The number of hydrogen-bond donors (Lipinski definition) is 0. The molecular formula is C16H22N2O3S. The molecule has 0 aliphatic carbocycles. The van der Waals surface area contributed by atoms with Crippen molar-refractivity contribution in [1.29, 1.82) is 0 Å². The van der Waals surface area contributed by atoms with E-state index in [1.54, 1.807) is 7.11 Å². The molecule has 1 unspecified atom stereocenters. The van der Waals surface area contributed by atoms with Crippen molar-refractivity contribution in [3.63, 3.8) is 0 Å². The molecule has 2 amide bonds. The second-order valence-corrected chi connectivity index (χ2v) is 6.94. The fourth-order valence-electron chi connectivity index (χ4n) is 3.56. The van der Waals surface area contributed by atoms with Crippen molar-refractivity contribution >= 4 is 23.2 Å². The summed E-state index contributed by atoms with van der Waals surface area (Å²) in [5, 5.41) is 3.80. The molecule has 2 aliphatic heterocycles. The summed E-state index contributed by atoms with van der Waals surface area (Å²) in [7, 11) is 1.65. The first-order valence-electron chi connectivity index (χ1n) is 7.76. The molecule has 0 saturated carbocycles. The minimum absolute atomic E-state index is 0.0588. The third-order valence-electron chi connectivity index (χ3n) is 4.80. The number of nitrogens with zero attached hydrogens (tertiary/aromatic N) is 2. The number of carbonyl (C=O) groups excluding carboxylic acids is 2. The lowest BCUT2D eigenvalue weighted by atomic mass is 9.78. The van der Waals surface area contributed by atoms with Gasteiger partial charge in [-0.15, -0.1) is 0 Å². The van der Waals surface area contributed by atoms with E-state index in [4.69, 9.17) is 4.74 Å². The Morgan fingerprint density at radius 2 is 2.27 bits per heavy atom. The highest BCUT2D eigenvalue weighted by molar-refractivity contribution is 7.08. The van der Waals surface area contributed by atoms with Gasteiger partial charge in [-0.3, -0.25) is 9.59 Å². The number of methoxy groups -OCH3 is 1. The molecule has 0 N–H and O–H groups in total. The summed E-state index contributed by atoms with van der Waals surface area (Å²) in [4.78, 5) is 29.1. The topological polar surface area (TPSA) is 49.9 Å². The van der Waals surface area contributed by atoms with Gasteiger partial charge >= 0.3 is 0 Å². The number of hydrogen-bond acceptors (Lipinski definition) is 4. The fourth-order valence-corrected chi connectivity index (χ4v) is 4.19. The summed E-state index contributed by atoms with van der Waals surface area (Å²) in [6.45, 7) is 3.31. The summed E-state index contributed by atoms with van der Waals surface area (Å²) in [6.07, 6.45) is 2.64. The third kappa shape index (κ3) is 2.77. The first-order valence-corrected chi connectivity index (χ1v) is 8.70. The summed E-state index contributed by atoms with van der Waals surface area (Å²) in [5.74, 6) is 0.260. The average Bonchev–Trinajstić information content (AvgIpc) is 3.16. The molecule has 2 fully saturated rings. The van der Waals surface area contributed by atoms with Crippen LogP contribution in [0.2, 0.25) is 0 Å². The average molecular weight is 322 g/mol.